The van der Waals surface area contributed by atoms with Gasteiger partial charge < -0.3 is 29.4 Å². The number of carbonyl (C=O) groups is 1. The Morgan fingerprint density at radius 2 is 1.86 bits per heavy atom. The molecule has 12 heteroatoms. The van der Waals surface area contributed by atoms with Crippen LogP contribution in [0.15, 0.2) is 67.5 Å². The fraction of sp³-hybridized carbons (Fsp3) is 0.406. The fourth-order valence-electron chi connectivity index (χ4n) is 6.32. The summed E-state index contributed by atoms with van der Waals surface area (Å²) in [6.07, 6.45) is 7.54. The number of nitrogens with zero attached hydrogens (tertiary/aromatic N) is 6. The summed E-state index contributed by atoms with van der Waals surface area (Å²) in [5.74, 6) is -0.379. The molecule has 0 spiro atoms. The number of benzene rings is 1. The Morgan fingerprint density at radius 3 is 2.70 bits per heavy atom. The molecule has 0 unspecified atom stereocenters. The highest BCUT2D eigenvalue weighted by Gasteiger charge is 2.58. The van der Waals surface area contributed by atoms with Crippen molar-refractivity contribution in [2.24, 2.45) is 0 Å². The van der Waals surface area contributed by atoms with Gasteiger partial charge in [0.1, 0.15) is 18.5 Å². The molecule has 1 aromatic carbocycles. The topological polar surface area (TPSA) is 130 Å². The van der Waals surface area contributed by atoms with Crippen LogP contribution in [0.4, 0.5) is 5.82 Å². The quantitative estimate of drug-likeness (QED) is 0.263. The van der Waals surface area contributed by atoms with Crippen molar-refractivity contribution in [2.45, 2.75) is 76.0 Å². The average Bonchev–Trinajstić information content (AvgIpc) is 3.32. The van der Waals surface area contributed by atoms with Gasteiger partial charge in [-0.1, -0.05) is 24.3 Å². The molecule has 1 amide bonds. The van der Waals surface area contributed by atoms with Gasteiger partial charge in [-0.3, -0.25) is 14.3 Å². The minimum absolute atomic E-state index is 0.172. The van der Waals surface area contributed by atoms with Gasteiger partial charge in [0.25, 0.3) is 5.91 Å². The Hall–Kier alpha value is -4.39. The fourth-order valence-corrected chi connectivity index (χ4v) is 6.32. The zero-order chi connectivity index (χ0) is 29.8. The Labute approximate surface area is 253 Å². The predicted octanol–water partition coefficient (Wildman–Crippen LogP) is 3.58. The molecule has 2 N–H and O–H groups in total. The van der Waals surface area contributed by atoms with E-state index in [-0.39, 0.29) is 11.9 Å². The predicted molar refractivity (Wildman–Crippen MR) is 162 cm³/mol. The maximum absolute atomic E-state index is 13.1. The summed E-state index contributed by atoms with van der Waals surface area (Å²) < 4.78 is 22.8. The first-order valence-corrected chi connectivity index (χ1v) is 15.1. The second-order valence-electron chi connectivity index (χ2n) is 12.1. The van der Waals surface area contributed by atoms with Crippen molar-refractivity contribution in [3.63, 3.8) is 0 Å². The van der Waals surface area contributed by atoms with Crippen molar-refractivity contribution in [3.05, 3.63) is 78.8 Å². The van der Waals surface area contributed by atoms with Crippen LogP contribution in [0.3, 0.4) is 0 Å². The van der Waals surface area contributed by atoms with Crippen LogP contribution in [0, 0.1) is 0 Å². The number of para-hydroxylation sites is 1. The molecule has 0 bridgehead atoms. The summed E-state index contributed by atoms with van der Waals surface area (Å²) in [6.45, 7) is 5.06. The summed E-state index contributed by atoms with van der Waals surface area (Å²) >= 11 is 0. The summed E-state index contributed by atoms with van der Waals surface area (Å²) in [6, 6.07) is 14.6. The molecule has 8 rings (SSSR count). The van der Waals surface area contributed by atoms with E-state index in [4.69, 9.17) is 14.2 Å². The lowest BCUT2D eigenvalue weighted by atomic mass is 10.1. The van der Waals surface area contributed by atoms with Crippen LogP contribution in [-0.4, -0.2) is 71.7 Å². The molecule has 2 aliphatic heterocycles. The second-order valence-corrected chi connectivity index (χ2v) is 12.1. The van der Waals surface area contributed by atoms with Crippen molar-refractivity contribution in [2.75, 3.05) is 11.9 Å². The Balaban J connectivity index is 1.01. The molecule has 2 saturated heterocycles. The van der Waals surface area contributed by atoms with Crippen molar-refractivity contribution >= 4 is 33.8 Å². The van der Waals surface area contributed by atoms with E-state index in [1.165, 1.54) is 22.8 Å². The molecule has 12 nitrogen and oxygen atoms in total. The zero-order valence-electron chi connectivity index (χ0n) is 24.6. The van der Waals surface area contributed by atoms with Crippen LogP contribution in [0.1, 0.15) is 44.2 Å². The second kappa shape index (κ2) is 10.7. The van der Waals surface area contributed by atoms with Crippen molar-refractivity contribution in [1.29, 1.82) is 0 Å². The molecule has 5 aromatic rings. The summed E-state index contributed by atoms with van der Waals surface area (Å²) in [5, 5.41) is 7.73. The van der Waals surface area contributed by atoms with E-state index in [0.29, 0.717) is 30.1 Å². The standard InChI is InChI=1S/C32H34N8O4/c1-32(2)43-25-26(30(41)38-20-10-11-20)42-31(27(25)44-32)40-18-37-24-28(35-17-36-29(24)40)34-14-12-19-15-39(16-21-7-5-6-13-33-21)23-9-4-3-8-22(19)23/h3-9,13,15,17-18,20,25-27,31H,10-12,14,16H2,1-2H3,(H,38,41)(H,34,35,36)/t25-,26+,27-,31-/m1/s1. The summed E-state index contributed by atoms with van der Waals surface area (Å²) in [7, 11) is 0. The molecule has 3 aliphatic rings. The first kappa shape index (κ1) is 27.2. The van der Waals surface area contributed by atoms with Crippen molar-refractivity contribution in [1.82, 2.24) is 34.4 Å². The van der Waals surface area contributed by atoms with E-state index in [1.54, 1.807) is 6.33 Å². The maximum atomic E-state index is 13.1. The van der Waals surface area contributed by atoms with Gasteiger partial charge in [-0.15, -0.1) is 0 Å². The minimum Gasteiger partial charge on any atom is -0.368 e. The number of hydrogen-bond donors (Lipinski definition) is 2. The number of imidazole rings is 1. The van der Waals surface area contributed by atoms with Gasteiger partial charge in [0.15, 0.2) is 35.1 Å². The molecule has 6 heterocycles. The van der Waals surface area contributed by atoms with Crippen molar-refractivity contribution in [3.8, 4) is 0 Å². The monoisotopic (exact) mass is 594 g/mol. The maximum Gasteiger partial charge on any atom is 0.252 e. The van der Waals surface area contributed by atoms with E-state index < -0.39 is 30.3 Å². The number of anilines is 1. The number of hydrogen-bond acceptors (Lipinski definition) is 9. The molecule has 44 heavy (non-hydrogen) atoms. The number of pyridine rings is 1. The lowest BCUT2D eigenvalue weighted by molar-refractivity contribution is -0.197. The highest BCUT2D eigenvalue weighted by Crippen LogP contribution is 2.44. The first-order valence-electron chi connectivity index (χ1n) is 15.1. The van der Waals surface area contributed by atoms with E-state index in [0.717, 1.165) is 25.0 Å². The SMILES string of the molecule is CC1(C)O[C@@H]2[C@H](O1)[C@@H](C(=O)NC1CC1)O[C@H]2n1cnc2c(NCCc3cn(Cc4ccccn4)c4ccccc34)ncnc21. The molecule has 4 aromatic heterocycles. The Kier molecular flexibility index (Phi) is 6.58. The van der Waals surface area contributed by atoms with Gasteiger partial charge in [-0.2, -0.15) is 0 Å². The summed E-state index contributed by atoms with van der Waals surface area (Å²) in [5.41, 5.74) is 4.64. The highest BCUT2D eigenvalue weighted by molar-refractivity contribution is 5.85. The smallest absolute Gasteiger partial charge is 0.252 e. The number of rotatable bonds is 9. The molecule has 3 fully saturated rings. The van der Waals surface area contributed by atoms with Crippen LogP contribution < -0.4 is 10.6 Å². The first-order chi connectivity index (χ1) is 21.4. The zero-order valence-corrected chi connectivity index (χ0v) is 24.6. The summed E-state index contributed by atoms with van der Waals surface area (Å²) in [4.78, 5) is 31.3. The van der Waals surface area contributed by atoms with Crippen LogP contribution >= 0.6 is 0 Å². The number of carbonyl (C=O) groups excluding carboxylic acids is 1. The Bertz CT molecular complexity index is 1830. The van der Waals surface area contributed by atoms with E-state index in [2.05, 4.69) is 65.6 Å². The third-order valence-corrected chi connectivity index (χ3v) is 8.46. The van der Waals surface area contributed by atoms with Gasteiger partial charge in [-0.25, -0.2) is 15.0 Å². The van der Waals surface area contributed by atoms with Gasteiger partial charge in [-0.05, 0) is 56.9 Å². The van der Waals surface area contributed by atoms with Crippen molar-refractivity contribution < 1.29 is 19.0 Å². The van der Waals surface area contributed by atoms with Crippen LogP contribution in [-0.2, 0) is 32.0 Å². The molecular formula is C32H34N8O4. The van der Waals surface area contributed by atoms with Crippen LogP contribution in [0.2, 0.25) is 0 Å². The molecule has 1 aliphatic carbocycles. The highest BCUT2D eigenvalue weighted by atomic mass is 16.8. The van der Waals surface area contributed by atoms with Gasteiger partial charge in [0, 0.05) is 35.9 Å². The molecule has 4 atom stereocenters. The molecule has 0 radical (unpaired) electrons. The van der Waals surface area contributed by atoms with Gasteiger partial charge in [0.05, 0.1) is 18.6 Å². The minimum atomic E-state index is -0.839. The lowest BCUT2D eigenvalue weighted by Gasteiger charge is -2.24. The average molecular weight is 595 g/mol. The van der Waals surface area contributed by atoms with E-state index in [9.17, 15) is 4.79 Å². The molecular weight excluding hydrogens is 560 g/mol. The number of amides is 1. The Morgan fingerprint density at radius 1 is 1.02 bits per heavy atom. The molecule has 1 saturated carbocycles. The third-order valence-electron chi connectivity index (χ3n) is 8.46. The molecule has 226 valence electrons. The van der Waals surface area contributed by atoms with Gasteiger partial charge in [0.2, 0.25) is 0 Å². The number of aromatic nitrogens is 6. The van der Waals surface area contributed by atoms with Crippen LogP contribution in [0.25, 0.3) is 22.1 Å². The van der Waals surface area contributed by atoms with E-state index >= 15 is 0 Å². The van der Waals surface area contributed by atoms with E-state index in [1.807, 2.05) is 42.8 Å². The number of ether oxygens (including phenoxy) is 3. The normalized spacial score (nSPS) is 24.1. The number of fused-ring (bicyclic) bond motifs is 3. The van der Waals surface area contributed by atoms with Crippen LogP contribution in [0.5, 0.6) is 0 Å². The lowest BCUT2D eigenvalue weighted by Crippen LogP contribution is -2.43. The largest absolute Gasteiger partial charge is 0.368 e. The van der Waals surface area contributed by atoms with Gasteiger partial charge >= 0.3 is 0 Å². The number of nitrogens with one attached hydrogen (secondary N) is 2. The third kappa shape index (κ3) is 4.98.